The molecule has 0 amide bonds. The fourth-order valence-electron chi connectivity index (χ4n) is 1.58. The molecule has 0 heterocycles. The molecule has 0 aliphatic carbocycles. The highest BCUT2D eigenvalue weighted by Crippen LogP contribution is 2.26. The van der Waals surface area contributed by atoms with E-state index in [1.165, 1.54) is 0 Å². The second kappa shape index (κ2) is 6.31. The van der Waals surface area contributed by atoms with Gasteiger partial charge < -0.3 is 5.11 Å². The Morgan fingerprint density at radius 3 is 2.76 bits per heavy atom. The summed E-state index contributed by atoms with van der Waals surface area (Å²) in [6.45, 7) is 3.61. The Morgan fingerprint density at radius 2 is 2.12 bits per heavy atom. The molecule has 1 aromatic rings. The largest absolute Gasteiger partial charge is 0.374 e. The average molecular weight is 271 g/mol. The SMILES string of the molecule is Cc1ccc(Cl)cc1C(C)(O)C#CCCCCl. The summed E-state index contributed by atoms with van der Waals surface area (Å²) < 4.78 is 0. The first-order valence-electron chi connectivity index (χ1n) is 5.52. The number of unbranched alkanes of at least 4 members (excludes halogenated alkanes) is 1. The van der Waals surface area contributed by atoms with E-state index in [0.717, 1.165) is 17.5 Å². The van der Waals surface area contributed by atoms with E-state index in [1.807, 2.05) is 13.0 Å². The first-order chi connectivity index (χ1) is 7.97. The first-order valence-corrected chi connectivity index (χ1v) is 6.43. The molecule has 3 heteroatoms. The van der Waals surface area contributed by atoms with E-state index in [2.05, 4.69) is 11.8 Å². The minimum atomic E-state index is -1.17. The Labute approximate surface area is 113 Å². The van der Waals surface area contributed by atoms with Crippen molar-refractivity contribution in [2.24, 2.45) is 0 Å². The number of rotatable bonds is 3. The first kappa shape index (κ1) is 14.4. The van der Waals surface area contributed by atoms with E-state index in [9.17, 15) is 5.11 Å². The summed E-state index contributed by atoms with van der Waals surface area (Å²) in [5, 5.41) is 10.9. The maximum absolute atomic E-state index is 10.3. The summed E-state index contributed by atoms with van der Waals surface area (Å²) in [5.74, 6) is 6.40. The molecular weight excluding hydrogens is 255 g/mol. The van der Waals surface area contributed by atoms with Crippen molar-refractivity contribution >= 4 is 23.2 Å². The Balaban J connectivity index is 2.94. The average Bonchev–Trinajstić information content (AvgIpc) is 2.28. The molecule has 0 aromatic heterocycles. The van der Waals surface area contributed by atoms with Gasteiger partial charge in [-0.05, 0) is 43.5 Å². The normalized spacial score (nSPS) is 13.7. The van der Waals surface area contributed by atoms with Crippen LogP contribution in [-0.2, 0) is 5.60 Å². The van der Waals surface area contributed by atoms with Gasteiger partial charge in [0.25, 0.3) is 0 Å². The predicted molar refractivity (Wildman–Crippen MR) is 73.5 cm³/mol. The van der Waals surface area contributed by atoms with Gasteiger partial charge in [-0.1, -0.05) is 29.5 Å². The van der Waals surface area contributed by atoms with Crippen LogP contribution in [0.1, 0.15) is 30.9 Å². The molecule has 17 heavy (non-hydrogen) atoms. The van der Waals surface area contributed by atoms with Gasteiger partial charge >= 0.3 is 0 Å². The van der Waals surface area contributed by atoms with Gasteiger partial charge in [-0.15, -0.1) is 11.6 Å². The highest BCUT2D eigenvalue weighted by molar-refractivity contribution is 6.30. The highest BCUT2D eigenvalue weighted by Gasteiger charge is 2.22. The van der Waals surface area contributed by atoms with Crippen molar-refractivity contribution in [2.75, 3.05) is 5.88 Å². The van der Waals surface area contributed by atoms with Crippen molar-refractivity contribution in [3.63, 3.8) is 0 Å². The lowest BCUT2D eigenvalue weighted by Crippen LogP contribution is -2.19. The number of halogens is 2. The number of hydrogen-bond acceptors (Lipinski definition) is 1. The van der Waals surface area contributed by atoms with E-state index in [1.54, 1.807) is 19.1 Å². The number of aliphatic hydroxyl groups is 1. The van der Waals surface area contributed by atoms with Crippen molar-refractivity contribution in [3.05, 3.63) is 34.3 Å². The topological polar surface area (TPSA) is 20.2 Å². The molecule has 1 N–H and O–H groups in total. The van der Waals surface area contributed by atoms with Crippen LogP contribution in [0.15, 0.2) is 18.2 Å². The van der Waals surface area contributed by atoms with Gasteiger partial charge in [0.2, 0.25) is 0 Å². The van der Waals surface area contributed by atoms with Crippen LogP contribution in [0, 0.1) is 18.8 Å². The molecule has 0 saturated carbocycles. The van der Waals surface area contributed by atoms with Gasteiger partial charge in [-0.25, -0.2) is 0 Å². The lowest BCUT2D eigenvalue weighted by molar-refractivity contribution is 0.121. The van der Waals surface area contributed by atoms with Crippen molar-refractivity contribution in [2.45, 2.75) is 32.3 Å². The third-order valence-corrected chi connectivity index (χ3v) is 2.99. The third kappa shape index (κ3) is 4.24. The van der Waals surface area contributed by atoms with Crippen LogP contribution in [0.5, 0.6) is 0 Å². The summed E-state index contributed by atoms with van der Waals surface area (Å²) in [7, 11) is 0. The second-order valence-electron chi connectivity index (χ2n) is 4.13. The van der Waals surface area contributed by atoms with Gasteiger partial charge in [-0.3, -0.25) is 0 Å². The fraction of sp³-hybridized carbons (Fsp3) is 0.429. The lowest BCUT2D eigenvalue weighted by Gasteiger charge is -2.19. The molecule has 1 atom stereocenters. The number of aryl methyl sites for hydroxylation is 1. The quantitative estimate of drug-likeness (QED) is 0.502. The molecule has 1 unspecified atom stereocenters. The molecule has 0 aliphatic rings. The maximum Gasteiger partial charge on any atom is 0.148 e. The van der Waals surface area contributed by atoms with Crippen molar-refractivity contribution in [1.29, 1.82) is 0 Å². The smallest absolute Gasteiger partial charge is 0.148 e. The minimum absolute atomic E-state index is 0.590. The van der Waals surface area contributed by atoms with Crippen LogP contribution in [-0.4, -0.2) is 11.0 Å². The number of alkyl halides is 1. The summed E-state index contributed by atoms with van der Waals surface area (Å²) in [4.78, 5) is 0. The Bertz CT molecular complexity index is 441. The third-order valence-electron chi connectivity index (χ3n) is 2.49. The van der Waals surface area contributed by atoms with Crippen LogP contribution in [0.25, 0.3) is 0 Å². The molecule has 0 bridgehead atoms. The summed E-state index contributed by atoms with van der Waals surface area (Å²) >= 11 is 11.5. The molecule has 1 rings (SSSR count). The Hall–Kier alpha value is -0.680. The maximum atomic E-state index is 10.3. The highest BCUT2D eigenvalue weighted by atomic mass is 35.5. The Morgan fingerprint density at radius 1 is 1.41 bits per heavy atom. The zero-order chi connectivity index (χ0) is 12.9. The van der Waals surface area contributed by atoms with E-state index in [-0.39, 0.29) is 0 Å². The summed E-state index contributed by atoms with van der Waals surface area (Å²) in [5.41, 5.74) is 0.566. The molecule has 1 nitrogen and oxygen atoms in total. The molecule has 0 radical (unpaired) electrons. The fourth-order valence-corrected chi connectivity index (χ4v) is 1.88. The summed E-state index contributed by atoms with van der Waals surface area (Å²) in [6, 6.07) is 5.44. The minimum Gasteiger partial charge on any atom is -0.374 e. The molecule has 0 fully saturated rings. The molecule has 1 aromatic carbocycles. The van der Waals surface area contributed by atoms with Gasteiger partial charge in [0.05, 0.1) is 0 Å². The van der Waals surface area contributed by atoms with Crippen molar-refractivity contribution in [3.8, 4) is 11.8 Å². The monoisotopic (exact) mass is 270 g/mol. The van der Waals surface area contributed by atoms with Crippen LogP contribution >= 0.6 is 23.2 Å². The van der Waals surface area contributed by atoms with Crippen LogP contribution in [0.2, 0.25) is 5.02 Å². The molecular formula is C14H16Cl2O. The van der Waals surface area contributed by atoms with E-state index < -0.39 is 5.60 Å². The van der Waals surface area contributed by atoms with Crippen molar-refractivity contribution in [1.82, 2.24) is 0 Å². The van der Waals surface area contributed by atoms with E-state index >= 15 is 0 Å². The van der Waals surface area contributed by atoms with Crippen LogP contribution in [0.3, 0.4) is 0 Å². The lowest BCUT2D eigenvalue weighted by atomic mass is 9.92. The number of benzene rings is 1. The van der Waals surface area contributed by atoms with E-state index in [4.69, 9.17) is 23.2 Å². The van der Waals surface area contributed by atoms with Gasteiger partial charge in [0.1, 0.15) is 5.60 Å². The van der Waals surface area contributed by atoms with E-state index in [0.29, 0.717) is 17.3 Å². The molecule has 92 valence electrons. The molecule has 0 spiro atoms. The van der Waals surface area contributed by atoms with Crippen molar-refractivity contribution < 1.29 is 5.11 Å². The predicted octanol–water partition coefficient (Wildman–Crippen LogP) is 3.88. The Kier molecular flexibility index (Phi) is 5.33. The van der Waals surface area contributed by atoms with Crippen LogP contribution < -0.4 is 0 Å². The standard InChI is InChI=1S/C14H16Cl2O/c1-11-6-7-12(16)10-13(11)14(2,17)8-4-3-5-9-15/h6-7,10,17H,3,5,9H2,1-2H3. The van der Waals surface area contributed by atoms with Gasteiger partial charge in [0.15, 0.2) is 0 Å². The zero-order valence-corrected chi connectivity index (χ0v) is 11.6. The second-order valence-corrected chi connectivity index (χ2v) is 4.94. The van der Waals surface area contributed by atoms with Gasteiger partial charge in [-0.2, -0.15) is 0 Å². The zero-order valence-electron chi connectivity index (χ0n) is 10.1. The number of hydrogen-bond donors (Lipinski definition) is 1. The molecule has 0 aliphatic heterocycles. The van der Waals surface area contributed by atoms with Gasteiger partial charge in [0, 0.05) is 17.3 Å². The van der Waals surface area contributed by atoms with Crippen LogP contribution in [0.4, 0.5) is 0 Å². The summed E-state index contributed by atoms with van der Waals surface area (Å²) in [6.07, 6.45) is 1.53. The molecule has 0 saturated heterocycles.